The Balaban J connectivity index is 1.48. The highest BCUT2D eigenvalue weighted by Gasteiger charge is 2.40. The highest BCUT2D eigenvalue weighted by Crippen LogP contribution is 2.49. The number of phenols is 1. The number of methoxy groups -OCH3 is 1. The Morgan fingerprint density at radius 2 is 1.93 bits per heavy atom. The number of para-hydroxylation sites is 2. The molecule has 4 rings (SSSR count). The van der Waals surface area contributed by atoms with E-state index in [1.807, 2.05) is 0 Å². The fraction of sp³-hybridized carbons (Fsp3) is 0.409. The van der Waals surface area contributed by atoms with Gasteiger partial charge in [0.2, 0.25) is 5.91 Å². The molecule has 3 N–H and O–H groups in total. The maximum atomic E-state index is 12.8. The number of rotatable bonds is 7. The number of carbonyl (C=O) groups excluding carboxylic acids is 1. The van der Waals surface area contributed by atoms with Crippen LogP contribution in [0, 0.1) is 17.8 Å². The van der Waals surface area contributed by atoms with Gasteiger partial charge in [0.05, 0.1) is 23.4 Å². The lowest BCUT2D eigenvalue weighted by Gasteiger charge is -2.21. The fourth-order valence-electron chi connectivity index (χ4n) is 4.78. The van der Waals surface area contributed by atoms with Crippen LogP contribution in [0.5, 0.6) is 11.5 Å². The van der Waals surface area contributed by atoms with Gasteiger partial charge in [-0.15, -0.1) is 0 Å². The first-order valence-corrected chi connectivity index (χ1v) is 11.6. The number of ether oxygens (including phenoxy) is 1. The molecule has 7 nitrogen and oxygen atoms in total. The molecule has 1 amide bonds. The Morgan fingerprint density at radius 1 is 1.13 bits per heavy atom. The average molecular weight is 431 g/mol. The van der Waals surface area contributed by atoms with Crippen LogP contribution < -0.4 is 14.8 Å². The molecule has 3 unspecified atom stereocenters. The van der Waals surface area contributed by atoms with E-state index in [-0.39, 0.29) is 22.2 Å². The van der Waals surface area contributed by atoms with Gasteiger partial charge >= 0.3 is 0 Å². The quantitative estimate of drug-likeness (QED) is 0.577. The molecule has 2 aliphatic rings. The highest BCUT2D eigenvalue weighted by molar-refractivity contribution is 7.92. The number of hydrogen-bond acceptors (Lipinski definition) is 5. The van der Waals surface area contributed by atoms with Crippen LogP contribution in [0.25, 0.3) is 0 Å². The van der Waals surface area contributed by atoms with Crippen molar-refractivity contribution in [2.24, 2.45) is 17.8 Å². The molecule has 0 radical (unpaired) electrons. The summed E-state index contributed by atoms with van der Waals surface area (Å²) in [4.78, 5) is 12.5. The molecule has 0 aromatic heterocycles. The van der Waals surface area contributed by atoms with E-state index >= 15 is 0 Å². The Kier molecular flexibility index (Phi) is 5.60. The monoisotopic (exact) mass is 430 g/mol. The second-order valence-corrected chi connectivity index (χ2v) is 9.85. The molecular formula is C22H26N2O5S. The molecule has 2 aromatic carbocycles. The average Bonchev–Trinajstić information content (AvgIpc) is 3.33. The molecule has 0 saturated heterocycles. The third-order valence-electron chi connectivity index (χ3n) is 6.24. The summed E-state index contributed by atoms with van der Waals surface area (Å²) in [6.07, 6.45) is 5.16. The summed E-state index contributed by atoms with van der Waals surface area (Å²) in [6.45, 7) is 0. The molecule has 2 fully saturated rings. The van der Waals surface area contributed by atoms with Gasteiger partial charge in [0.1, 0.15) is 11.5 Å². The van der Waals surface area contributed by atoms with Gasteiger partial charge in [0.25, 0.3) is 10.0 Å². The second-order valence-electron chi connectivity index (χ2n) is 8.17. The standard InChI is InChI=1S/C22H26N2O5S/c1-29-21-5-3-2-4-18(21)24-30(27,28)17-8-9-20(25)19(13-17)23-22(26)12-16-11-14-6-7-15(16)10-14/h2-5,8-9,13-16,24-25H,6-7,10-12H2,1H3,(H,23,26). The van der Waals surface area contributed by atoms with Gasteiger partial charge in [-0.3, -0.25) is 9.52 Å². The molecule has 0 aliphatic heterocycles. The summed E-state index contributed by atoms with van der Waals surface area (Å²) >= 11 is 0. The zero-order chi connectivity index (χ0) is 21.3. The minimum atomic E-state index is -3.94. The number of nitrogens with one attached hydrogen (secondary N) is 2. The van der Waals surface area contributed by atoms with Crippen molar-refractivity contribution in [3.05, 3.63) is 42.5 Å². The third-order valence-corrected chi connectivity index (χ3v) is 7.60. The number of hydrogen-bond donors (Lipinski definition) is 3. The van der Waals surface area contributed by atoms with Crippen LogP contribution in [-0.2, 0) is 14.8 Å². The minimum absolute atomic E-state index is 0.0681. The van der Waals surface area contributed by atoms with Gasteiger partial charge in [-0.25, -0.2) is 8.42 Å². The molecule has 2 bridgehead atoms. The number of anilines is 2. The lowest BCUT2D eigenvalue weighted by Crippen LogP contribution is -2.20. The topological polar surface area (TPSA) is 105 Å². The summed E-state index contributed by atoms with van der Waals surface area (Å²) < 4.78 is 33.3. The summed E-state index contributed by atoms with van der Waals surface area (Å²) in [7, 11) is -2.49. The van der Waals surface area contributed by atoms with Crippen molar-refractivity contribution >= 4 is 27.3 Å². The summed E-state index contributed by atoms with van der Waals surface area (Å²) in [6, 6.07) is 10.5. The molecule has 160 valence electrons. The van der Waals surface area contributed by atoms with E-state index in [4.69, 9.17) is 4.74 Å². The van der Waals surface area contributed by atoms with Crippen LogP contribution >= 0.6 is 0 Å². The lowest BCUT2D eigenvalue weighted by molar-refractivity contribution is -0.117. The molecule has 3 atom stereocenters. The van der Waals surface area contributed by atoms with E-state index in [0.29, 0.717) is 29.7 Å². The number of amides is 1. The van der Waals surface area contributed by atoms with Gasteiger partial charge < -0.3 is 15.2 Å². The second kappa shape index (κ2) is 8.18. The van der Waals surface area contributed by atoms with Crippen LogP contribution in [0.2, 0.25) is 0 Å². The number of carbonyl (C=O) groups is 1. The normalized spacial score (nSPS) is 22.6. The third kappa shape index (κ3) is 4.23. The predicted octanol–water partition coefficient (Wildman–Crippen LogP) is 3.97. The van der Waals surface area contributed by atoms with E-state index in [9.17, 15) is 18.3 Å². The van der Waals surface area contributed by atoms with Crippen molar-refractivity contribution in [2.75, 3.05) is 17.1 Å². The molecule has 8 heteroatoms. The fourth-order valence-corrected chi connectivity index (χ4v) is 5.88. The number of benzene rings is 2. The largest absolute Gasteiger partial charge is 0.506 e. The number of fused-ring (bicyclic) bond motifs is 2. The smallest absolute Gasteiger partial charge is 0.262 e. The Hall–Kier alpha value is -2.74. The number of aromatic hydroxyl groups is 1. The van der Waals surface area contributed by atoms with Crippen LogP contribution in [0.15, 0.2) is 47.4 Å². The first kappa shape index (κ1) is 20.5. The van der Waals surface area contributed by atoms with Gasteiger partial charge in [-0.1, -0.05) is 18.6 Å². The molecule has 0 spiro atoms. The van der Waals surface area contributed by atoms with E-state index in [1.54, 1.807) is 24.3 Å². The summed E-state index contributed by atoms with van der Waals surface area (Å²) in [5, 5.41) is 12.8. The maximum Gasteiger partial charge on any atom is 0.262 e. The number of phenolic OH excluding ortho intramolecular Hbond substituents is 1. The van der Waals surface area contributed by atoms with E-state index in [1.165, 1.54) is 44.6 Å². The Bertz CT molecular complexity index is 1050. The molecular weight excluding hydrogens is 404 g/mol. The van der Waals surface area contributed by atoms with Crippen molar-refractivity contribution in [2.45, 2.75) is 37.0 Å². The van der Waals surface area contributed by atoms with Crippen LogP contribution in [-0.4, -0.2) is 26.5 Å². The molecule has 2 aromatic rings. The van der Waals surface area contributed by atoms with Crippen molar-refractivity contribution in [1.29, 1.82) is 0 Å². The van der Waals surface area contributed by atoms with Crippen molar-refractivity contribution in [3.8, 4) is 11.5 Å². The van der Waals surface area contributed by atoms with Crippen LogP contribution in [0.1, 0.15) is 32.1 Å². The highest BCUT2D eigenvalue weighted by atomic mass is 32.2. The van der Waals surface area contributed by atoms with Gasteiger partial charge in [-0.05, 0) is 67.3 Å². The Labute approximate surface area is 176 Å². The van der Waals surface area contributed by atoms with Crippen molar-refractivity contribution in [3.63, 3.8) is 0 Å². The van der Waals surface area contributed by atoms with Crippen LogP contribution in [0.3, 0.4) is 0 Å². The zero-order valence-electron chi connectivity index (χ0n) is 16.8. The molecule has 2 saturated carbocycles. The minimum Gasteiger partial charge on any atom is -0.506 e. The summed E-state index contributed by atoms with van der Waals surface area (Å²) in [5.41, 5.74) is 0.390. The first-order chi connectivity index (χ1) is 14.4. The first-order valence-electron chi connectivity index (χ1n) is 10.1. The van der Waals surface area contributed by atoms with E-state index < -0.39 is 10.0 Å². The molecule has 2 aliphatic carbocycles. The van der Waals surface area contributed by atoms with Crippen LogP contribution in [0.4, 0.5) is 11.4 Å². The Morgan fingerprint density at radius 3 is 2.63 bits per heavy atom. The van der Waals surface area contributed by atoms with Gasteiger partial charge in [0.15, 0.2) is 0 Å². The molecule has 30 heavy (non-hydrogen) atoms. The van der Waals surface area contributed by atoms with Gasteiger partial charge in [0, 0.05) is 6.42 Å². The lowest BCUT2D eigenvalue weighted by atomic mass is 9.86. The van der Waals surface area contributed by atoms with E-state index in [0.717, 1.165) is 12.3 Å². The SMILES string of the molecule is COc1ccccc1NS(=O)(=O)c1ccc(O)c(NC(=O)CC2CC3CCC2C3)c1. The number of sulfonamides is 1. The molecule has 0 heterocycles. The predicted molar refractivity (Wildman–Crippen MR) is 114 cm³/mol. The summed E-state index contributed by atoms with van der Waals surface area (Å²) in [5.74, 6) is 1.76. The van der Waals surface area contributed by atoms with Crippen molar-refractivity contribution < 1.29 is 23.1 Å². The van der Waals surface area contributed by atoms with Gasteiger partial charge in [-0.2, -0.15) is 0 Å². The zero-order valence-corrected chi connectivity index (χ0v) is 17.6. The maximum absolute atomic E-state index is 12.8. The van der Waals surface area contributed by atoms with E-state index in [2.05, 4.69) is 10.0 Å². The van der Waals surface area contributed by atoms with Crippen molar-refractivity contribution in [1.82, 2.24) is 0 Å².